The van der Waals surface area contributed by atoms with Crippen molar-refractivity contribution in [2.45, 2.75) is 37.6 Å². The first kappa shape index (κ1) is 19.5. The normalized spacial score (nSPS) is 24.5. The second-order valence-corrected chi connectivity index (χ2v) is 8.88. The Kier molecular flexibility index (Phi) is 6.53. The third-order valence-corrected chi connectivity index (χ3v) is 6.54. The fourth-order valence-electron chi connectivity index (χ4n) is 3.35. The lowest BCUT2D eigenvalue weighted by Crippen LogP contribution is -2.46. The number of halogens is 1. The molecule has 2 atom stereocenters. The smallest absolute Gasteiger partial charge is 0.243 e. The van der Waals surface area contributed by atoms with Gasteiger partial charge < -0.3 is 10.1 Å². The lowest BCUT2D eigenvalue weighted by molar-refractivity contribution is 0.247. The van der Waals surface area contributed by atoms with Crippen LogP contribution in [0.5, 0.6) is 5.75 Å². The average molecular weight is 375 g/mol. The second-order valence-electron chi connectivity index (χ2n) is 6.94. The molecule has 0 aromatic heterocycles. The van der Waals surface area contributed by atoms with Gasteiger partial charge in [-0.15, -0.1) is 12.4 Å². The van der Waals surface area contributed by atoms with Gasteiger partial charge in [-0.05, 0) is 55.5 Å². The molecule has 0 bridgehead atoms. The highest BCUT2D eigenvalue weighted by atomic mass is 35.5. The topological polar surface area (TPSA) is 58.6 Å². The van der Waals surface area contributed by atoms with E-state index in [9.17, 15) is 8.42 Å². The van der Waals surface area contributed by atoms with Crippen LogP contribution in [0.1, 0.15) is 26.7 Å². The summed E-state index contributed by atoms with van der Waals surface area (Å²) in [6.07, 6.45) is 1.97. The molecular weight excluding hydrogens is 348 g/mol. The summed E-state index contributed by atoms with van der Waals surface area (Å²) in [6, 6.07) is 7.31. The summed E-state index contributed by atoms with van der Waals surface area (Å²) in [6.45, 7) is 7.04. The van der Waals surface area contributed by atoms with E-state index in [2.05, 4.69) is 19.2 Å². The molecule has 2 fully saturated rings. The Morgan fingerprint density at radius 1 is 1.25 bits per heavy atom. The Bertz CT molecular complexity index is 634. The molecule has 2 heterocycles. The van der Waals surface area contributed by atoms with Crippen molar-refractivity contribution in [1.82, 2.24) is 9.62 Å². The molecule has 0 saturated carbocycles. The quantitative estimate of drug-likeness (QED) is 0.860. The van der Waals surface area contributed by atoms with Gasteiger partial charge in [0.15, 0.2) is 0 Å². The molecule has 0 radical (unpaired) electrons. The van der Waals surface area contributed by atoms with Gasteiger partial charge in [0.25, 0.3) is 0 Å². The summed E-state index contributed by atoms with van der Waals surface area (Å²) in [4.78, 5) is 0.360. The van der Waals surface area contributed by atoms with Gasteiger partial charge in [-0.25, -0.2) is 8.42 Å². The summed E-state index contributed by atoms with van der Waals surface area (Å²) in [5.41, 5.74) is 0. The van der Waals surface area contributed by atoms with Gasteiger partial charge in [0.05, 0.1) is 11.5 Å². The van der Waals surface area contributed by atoms with E-state index in [0.29, 0.717) is 42.5 Å². The molecule has 1 aromatic carbocycles. The van der Waals surface area contributed by atoms with Crippen LogP contribution in [0.15, 0.2) is 29.2 Å². The Balaban J connectivity index is 0.00000208. The zero-order valence-corrected chi connectivity index (χ0v) is 15.9. The van der Waals surface area contributed by atoms with Crippen LogP contribution in [0, 0.1) is 11.8 Å². The van der Waals surface area contributed by atoms with Gasteiger partial charge in [0, 0.05) is 19.1 Å². The van der Waals surface area contributed by atoms with Crippen LogP contribution in [-0.4, -0.2) is 45.0 Å². The highest BCUT2D eigenvalue weighted by Crippen LogP contribution is 2.29. The molecular formula is C17H27ClN2O3S. The molecule has 2 saturated heterocycles. The van der Waals surface area contributed by atoms with Crippen molar-refractivity contribution < 1.29 is 13.2 Å². The molecule has 5 nitrogen and oxygen atoms in total. The van der Waals surface area contributed by atoms with Crippen LogP contribution < -0.4 is 10.1 Å². The van der Waals surface area contributed by atoms with Gasteiger partial charge in [-0.3, -0.25) is 0 Å². The van der Waals surface area contributed by atoms with Crippen molar-refractivity contribution in [3.63, 3.8) is 0 Å². The number of benzene rings is 1. The standard InChI is InChI=1S/C17H26N2O3S.ClH/c1-13(2)12-22-15-3-5-16(6-4-15)23(20,21)19-10-8-17-14(11-19)7-9-18-17;/h3-6,13-14,17-18H,7-12H2,1-2H3;1H. The van der Waals surface area contributed by atoms with Crippen LogP contribution >= 0.6 is 12.4 Å². The molecule has 2 aliphatic rings. The van der Waals surface area contributed by atoms with Crippen LogP contribution in [0.2, 0.25) is 0 Å². The predicted octanol–water partition coefficient (Wildman–Crippen LogP) is 2.52. The summed E-state index contributed by atoms with van der Waals surface area (Å²) in [5, 5.41) is 3.46. The minimum absolute atomic E-state index is 0. The molecule has 7 heteroatoms. The first-order chi connectivity index (χ1) is 11.0. The number of hydrogen-bond donors (Lipinski definition) is 1. The summed E-state index contributed by atoms with van der Waals surface area (Å²) >= 11 is 0. The Labute approximate surface area is 151 Å². The number of nitrogens with one attached hydrogen (secondary N) is 1. The maximum atomic E-state index is 12.8. The van der Waals surface area contributed by atoms with E-state index in [-0.39, 0.29) is 12.4 Å². The van der Waals surface area contributed by atoms with Gasteiger partial charge in [0.1, 0.15) is 5.75 Å². The zero-order chi connectivity index (χ0) is 16.4. The molecule has 0 amide bonds. The van der Waals surface area contributed by atoms with E-state index in [1.807, 2.05) is 0 Å². The first-order valence-corrected chi connectivity index (χ1v) is 9.87. The maximum absolute atomic E-state index is 12.8. The van der Waals surface area contributed by atoms with E-state index < -0.39 is 10.0 Å². The van der Waals surface area contributed by atoms with Gasteiger partial charge in [0.2, 0.25) is 10.0 Å². The van der Waals surface area contributed by atoms with Gasteiger partial charge in [-0.2, -0.15) is 4.31 Å². The Morgan fingerprint density at radius 3 is 2.62 bits per heavy atom. The lowest BCUT2D eigenvalue weighted by atomic mass is 9.95. The van der Waals surface area contributed by atoms with E-state index in [0.717, 1.165) is 25.1 Å². The Morgan fingerprint density at radius 2 is 1.96 bits per heavy atom. The number of sulfonamides is 1. The molecule has 3 rings (SSSR count). The van der Waals surface area contributed by atoms with Crippen molar-refractivity contribution in [2.75, 3.05) is 26.2 Å². The Hall–Kier alpha value is -0.820. The fraction of sp³-hybridized carbons (Fsp3) is 0.647. The number of fused-ring (bicyclic) bond motifs is 1. The summed E-state index contributed by atoms with van der Waals surface area (Å²) in [5.74, 6) is 1.61. The summed E-state index contributed by atoms with van der Waals surface area (Å²) < 4.78 is 32.9. The fourth-order valence-corrected chi connectivity index (χ4v) is 4.86. The number of hydrogen-bond acceptors (Lipinski definition) is 4. The summed E-state index contributed by atoms with van der Waals surface area (Å²) in [7, 11) is -3.40. The molecule has 0 aliphatic carbocycles. The maximum Gasteiger partial charge on any atom is 0.243 e. The van der Waals surface area contributed by atoms with Crippen molar-refractivity contribution in [3.05, 3.63) is 24.3 Å². The molecule has 2 unspecified atom stereocenters. The van der Waals surface area contributed by atoms with Gasteiger partial charge >= 0.3 is 0 Å². The van der Waals surface area contributed by atoms with Crippen LogP contribution in [0.25, 0.3) is 0 Å². The third kappa shape index (κ3) is 4.23. The SMILES string of the molecule is CC(C)COc1ccc(S(=O)(=O)N2CCC3NCCC3C2)cc1.Cl. The number of nitrogens with zero attached hydrogens (tertiary/aromatic N) is 1. The van der Waals surface area contributed by atoms with E-state index in [1.165, 1.54) is 0 Å². The van der Waals surface area contributed by atoms with Crippen molar-refractivity contribution >= 4 is 22.4 Å². The molecule has 136 valence electrons. The van der Waals surface area contributed by atoms with Crippen molar-refractivity contribution in [3.8, 4) is 5.75 Å². The molecule has 1 N–H and O–H groups in total. The highest BCUT2D eigenvalue weighted by molar-refractivity contribution is 7.89. The number of piperidine rings is 1. The van der Waals surface area contributed by atoms with Crippen LogP contribution in [-0.2, 0) is 10.0 Å². The average Bonchev–Trinajstić information content (AvgIpc) is 3.01. The zero-order valence-electron chi connectivity index (χ0n) is 14.3. The van der Waals surface area contributed by atoms with E-state index in [4.69, 9.17) is 4.74 Å². The number of rotatable bonds is 5. The first-order valence-electron chi connectivity index (χ1n) is 8.43. The van der Waals surface area contributed by atoms with E-state index >= 15 is 0 Å². The third-order valence-electron chi connectivity index (χ3n) is 4.66. The van der Waals surface area contributed by atoms with E-state index in [1.54, 1.807) is 28.6 Å². The second kappa shape index (κ2) is 8.04. The molecule has 1 aromatic rings. The van der Waals surface area contributed by atoms with Crippen molar-refractivity contribution in [1.29, 1.82) is 0 Å². The highest BCUT2D eigenvalue weighted by Gasteiger charge is 2.37. The largest absolute Gasteiger partial charge is 0.493 e. The van der Waals surface area contributed by atoms with Gasteiger partial charge in [-0.1, -0.05) is 13.8 Å². The number of ether oxygens (including phenoxy) is 1. The van der Waals surface area contributed by atoms with Crippen LogP contribution in [0.4, 0.5) is 0 Å². The molecule has 24 heavy (non-hydrogen) atoms. The minimum Gasteiger partial charge on any atom is -0.493 e. The lowest BCUT2D eigenvalue weighted by Gasteiger charge is -2.34. The molecule has 2 aliphatic heterocycles. The van der Waals surface area contributed by atoms with Crippen molar-refractivity contribution in [2.24, 2.45) is 11.8 Å². The van der Waals surface area contributed by atoms with Crippen LogP contribution in [0.3, 0.4) is 0 Å². The minimum atomic E-state index is -3.40. The predicted molar refractivity (Wildman–Crippen MR) is 97.3 cm³/mol. The monoisotopic (exact) mass is 374 g/mol. The molecule has 0 spiro atoms.